The molecule has 2 heterocycles. The van der Waals surface area contributed by atoms with Crippen LogP contribution in [0.2, 0.25) is 0 Å². The van der Waals surface area contributed by atoms with E-state index in [1.165, 1.54) is 12.8 Å². The van der Waals surface area contributed by atoms with Gasteiger partial charge in [0.05, 0.1) is 12.2 Å². The monoisotopic (exact) mass is 255 g/mol. The molecule has 106 valence electrons. The molecule has 3 nitrogen and oxygen atoms in total. The zero-order valence-corrected chi connectivity index (χ0v) is 12.3. The van der Waals surface area contributed by atoms with Crippen LogP contribution >= 0.6 is 0 Å². The minimum absolute atomic E-state index is 0.0417. The van der Waals surface area contributed by atoms with Crippen molar-refractivity contribution in [2.24, 2.45) is 5.41 Å². The van der Waals surface area contributed by atoms with Crippen LogP contribution in [0, 0.1) is 5.41 Å². The third-order valence-electron chi connectivity index (χ3n) is 4.26. The lowest BCUT2D eigenvalue weighted by Crippen LogP contribution is -2.58. The lowest BCUT2D eigenvalue weighted by molar-refractivity contribution is -0.110. The summed E-state index contributed by atoms with van der Waals surface area (Å²) in [5, 5.41) is 3.70. The summed E-state index contributed by atoms with van der Waals surface area (Å²) in [6.45, 7) is 10.6. The predicted octanol–water partition coefficient (Wildman–Crippen LogP) is 2.74. The minimum Gasteiger partial charge on any atom is -0.381 e. The fraction of sp³-hybridized carbons (Fsp3) is 1.00. The third-order valence-corrected chi connectivity index (χ3v) is 4.26. The van der Waals surface area contributed by atoms with Crippen LogP contribution in [-0.2, 0) is 9.47 Å². The lowest BCUT2D eigenvalue weighted by Gasteiger charge is -2.45. The van der Waals surface area contributed by atoms with Gasteiger partial charge in [0.2, 0.25) is 0 Å². The summed E-state index contributed by atoms with van der Waals surface area (Å²) in [7, 11) is 0. The second-order valence-electron chi connectivity index (χ2n) is 6.99. The maximum atomic E-state index is 6.22. The maximum absolute atomic E-state index is 6.22. The third kappa shape index (κ3) is 3.69. The maximum Gasteiger partial charge on any atom is 0.0858 e. The Morgan fingerprint density at radius 3 is 2.78 bits per heavy atom. The molecule has 2 unspecified atom stereocenters. The predicted molar refractivity (Wildman–Crippen MR) is 73.8 cm³/mol. The van der Waals surface area contributed by atoms with Gasteiger partial charge in [-0.2, -0.15) is 0 Å². The van der Waals surface area contributed by atoms with Gasteiger partial charge in [0.15, 0.2) is 0 Å². The summed E-state index contributed by atoms with van der Waals surface area (Å²) in [5.74, 6) is 0. The molecule has 0 aromatic rings. The summed E-state index contributed by atoms with van der Waals surface area (Å²) in [5.41, 5.74) is 0.446. The second-order valence-corrected chi connectivity index (χ2v) is 6.99. The topological polar surface area (TPSA) is 30.5 Å². The molecule has 0 amide bonds. The van der Waals surface area contributed by atoms with Gasteiger partial charge in [-0.15, -0.1) is 0 Å². The average Bonchev–Trinajstić information content (AvgIpc) is 2.53. The molecule has 18 heavy (non-hydrogen) atoms. The van der Waals surface area contributed by atoms with E-state index in [1.807, 2.05) is 0 Å². The molecule has 1 spiro atoms. The summed E-state index contributed by atoms with van der Waals surface area (Å²) in [6.07, 6.45) is 5.79. The number of hydrogen-bond acceptors (Lipinski definition) is 3. The van der Waals surface area contributed by atoms with E-state index in [0.29, 0.717) is 11.5 Å². The van der Waals surface area contributed by atoms with Crippen LogP contribution in [0.25, 0.3) is 0 Å². The minimum atomic E-state index is 0.0417. The highest BCUT2D eigenvalue weighted by Gasteiger charge is 2.42. The van der Waals surface area contributed by atoms with Gasteiger partial charge < -0.3 is 14.8 Å². The van der Waals surface area contributed by atoms with E-state index in [2.05, 4.69) is 26.1 Å². The largest absolute Gasteiger partial charge is 0.381 e. The smallest absolute Gasteiger partial charge is 0.0858 e. The van der Waals surface area contributed by atoms with Crippen LogP contribution < -0.4 is 5.32 Å². The number of hydrogen-bond donors (Lipinski definition) is 1. The Morgan fingerprint density at radius 1 is 1.17 bits per heavy atom. The van der Waals surface area contributed by atoms with Crippen molar-refractivity contribution in [2.45, 2.75) is 64.5 Å². The SMILES string of the molecule is CC(C)(C)CCC1NCCOC12CCCOCC2. The van der Waals surface area contributed by atoms with Crippen molar-refractivity contribution in [3.63, 3.8) is 0 Å². The average molecular weight is 255 g/mol. The van der Waals surface area contributed by atoms with Crippen molar-refractivity contribution in [2.75, 3.05) is 26.4 Å². The number of nitrogens with one attached hydrogen (secondary N) is 1. The van der Waals surface area contributed by atoms with Crippen LogP contribution in [0.3, 0.4) is 0 Å². The molecule has 2 rings (SSSR count). The van der Waals surface area contributed by atoms with Crippen molar-refractivity contribution >= 4 is 0 Å². The normalized spacial score (nSPS) is 34.5. The summed E-state index contributed by atoms with van der Waals surface area (Å²) < 4.78 is 11.8. The number of rotatable bonds is 2. The molecule has 0 saturated carbocycles. The summed E-state index contributed by atoms with van der Waals surface area (Å²) in [6, 6.07) is 0.507. The quantitative estimate of drug-likeness (QED) is 0.823. The van der Waals surface area contributed by atoms with E-state index in [4.69, 9.17) is 9.47 Å². The highest BCUT2D eigenvalue weighted by Crippen LogP contribution is 2.35. The molecule has 2 saturated heterocycles. The first-order chi connectivity index (χ1) is 8.52. The Morgan fingerprint density at radius 2 is 2.00 bits per heavy atom. The first-order valence-electron chi connectivity index (χ1n) is 7.47. The van der Waals surface area contributed by atoms with Crippen molar-refractivity contribution < 1.29 is 9.47 Å². The molecule has 2 fully saturated rings. The second kappa shape index (κ2) is 5.89. The van der Waals surface area contributed by atoms with Gasteiger partial charge in [0.25, 0.3) is 0 Å². The van der Waals surface area contributed by atoms with Crippen LogP contribution in [0.15, 0.2) is 0 Å². The Hall–Kier alpha value is -0.120. The molecule has 3 heteroatoms. The highest BCUT2D eigenvalue weighted by molar-refractivity contribution is 4.97. The standard InChI is InChI=1S/C15H29NO2/c1-14(2,3)7-5-13-15(18-12-9-16-13)6-4-10-17-11-8-15/h13,16H,4-12H2,1-3H3. The van der Waals surface area contributed by atoms with Crippen LogP contribution in [0.4, 0.5) is 0 Å². The Balaban J connectivity index is 2.00. The van der Waals surface area contributed by atoms with Gasteiger partial charge in [0.1, 0.15) is 0 Å². The molecule has 0 aromatic heterocycles. The molecule has 2 aliphatic rings. The number of morpholine rings is 1. The Bertz CT molecular complexity index is 252. The Labute approximate surface area is 112 Å². The highest BCUT2D eigenvalue weighted by atomic mass is 16.5. The molecule has 0 bridgehead atoms. The molecule has 0 aromatic carbocycles. The molecule has 0 radical (unpaired) electrons. The van der Waals surface area contributed by atoms with Crippen LogP contribution in [0.5, 0.6) is 0 Å². The zero-order chi connectivity index (χ0) is 13.1. The molecular weight excluding hydrogens is 226 g/mol. The molecule has 0 aliphatic carbocycles. The van der Waals surface area contributed by atoms with Gasteiger partial charge in [-0.1, -0.05) is 20.8 Å². The molecule has 2 aliphatic heterocycles. The van der Waals surface area contributed by atoms with Gasteiger partial charge >= 0.3 is 0 Å². The first kappa shape index (κ1) is 14.3. The van der Waals surface area contributed by atoms with Crippen molar-refractivity contribution in [1.82, 2.24) is 5.32 Å². The van der Waals surface area contributed by atoms with E-state index in [0.717, 1.165) is 45.6 Å². The number of ether oxygens (including phenoxy) is 2. The van der Waals surface area contributed by atoms with Crippen LogP contribution in [-0.4, -0.2) is 38.0 Å². The Kier molecular flexibility index (Phi) is 4.68. The van der Waals surface area contributed by atoms with E-state index in [-0.39, 0.29) is 5.60 Å². The van der Waals surface area contributed by atoms with Crippen LogP contribution in [0.1, 0.15) is 52.9 Å². The van der Waals surface area contributed by atoms with Crippen molar-refractivity contribution in [1.29, 1.82) is 0 Å². The fourth-order valence-electron chi connectivity index (χ4n) is 3.15. The fourth-order valence-corrected chi connectivity index (χ4v) is 3.15. The lowest BCUT2D eigenvalue weighted by atomic mass is 9.79. The summed E-state index contributed by atoms with van der Waals surface area (Å²) in [4.78, 5) is 0. The van der Waals surface area contributed by atoms with Crippen molar-refractivity contribution in [3.8, 4) is 0 Å². The zero-order valence-electron chi connectivity index (χ0n) is 12.3. The van der Waals surface area contributed by atoms with E-state index in [9.17, 15) is 0 Å². The molecule has 1 N–H and O–H groups in total. The van der Waals surface area contributed by atoms with Gasteiger partial charge in [-0.3, -0.25) is 0 Å². The van der Waals surface area contributed by atoms with Crippen molar-refractivity contribution in [3.05, 3.63) is 0 Å². The van der Waals surface area contributed by atoms with E-state index >= 15 is 0 Å². The van der Waals surface area contributed by atoms with Gasteiger partial charge in [-0.05, 0) is 31.1 Å². The van der Waals surface area contributed by atoms with Gasteiger partial charge in [0, 0.05) is 32.2 Å². The van der Waals surface area contributed by atoms with Gasteiger partial charge in [-0.25, -0.2) is 0 Å². The molecule has 2 atom stereocenters. The van der Waals surface area contributed by atoms with E-state index < -0.39 is 0 Å². The molecular formula is C15H29NO2. The summed E-state index contributed by atoms with van der Waals surface area (Å²) >= 11 is 0. The first-order valence-corrected chi connectivity index (χ1v) is 7.47. The van der Waals surface area contributed by atoms with E-state index in [1.54, 1.807) is 0 Å².